The van der Waals surface area contributed by atoms with E-state index in [1.54, 1.807) is 0 Å². The van der Waals surface area contributed by atoms with E-state index in [1.807, 2.05) is 5.32 Å². The molecule has 186 valence electrons. The zero-order valence-electron chi connectivity index (χ0n) is 16.9. The number of rotatable bonds is 7. The number of benzene rings is 2. The lowest BCUT2D eigenvalue weighted by molar-refractivity contribution is -0.140. The van der Waals surface area contributed by atoms with Gasteiger partial charge in [-0.3, -0.25) is 4.79 Å². The van der Waals surface area contributed by atoms with Gasteiger partial charge in [0.25, 0.3) is 5.91 Å². The molecule has 1 amide bonds. The lowest BCUT2D eigenvalue weighted by Gasteiger charge is -2.20. The van der Waals surface area contributed by atoms with E-state index in [2.05, 4.69) is 0 Å². The Bertz CT molecular complexity index is 1030. The van der Waals surface area contributed by atoms with E-state index in [-0.39, 0.29) is 16.7 Å². The Labute approximate surface area is 186 Å². The normalized spacial score (nSPS) is 13.4. The predicted octanol–water partition coefficient (Wildman–Crippen LogP) is 6.16. The average Bonchev–Trinajstić information content (AvgIpc) is 2.69. The summed E-state index contributed by atoms with van der Waals surface area (Å²) >= 11 is 0. The largest absolute Gasteiger partial charge is 0.479 e. The number of carbonyl (C=O) groups excluding carboxylic acids is 1. The number of carbonyl (C=O) groups is 2. The van der Waals surface area contributed by atoms with Crippen molar-refractivity contribution in [1.82, 2.24) is 5.32 Å². The zero-order chi connectivity index (χ0) is 25.9. The van der Waals surface area contributed by atoms with Crippen LogP contribution in [0.3, 0.4) is 0 Å². The standard InChI is InChI=1S/C21H16F9NO3/c22-19(23,24)9-1-2-12-10-14(21(28,29)30)7-8-15(12)16(18(33)34)31-17(32)11-3-5-13(6-4-11)20(25,26)27/h3-8,10,16H,1-2,9H2,(H,31,32)(H,33,34). The summed E-state index contributed by atoms with van der Waals surface area (Å²) in [5.74, 6) is -2.89. The second kappa shape index (κ2) is 9.94. The number of amides is 1. The molecule has 0 fully saturated rings. The van der Waals surface area contributed by atoms with Crippen molar-refractivity contribution in [1.29, 1.82) is 0 Å². The van der Waals surface area contributed by atoms with Crippen LogP contribution in [0.2, 0.25) is 0 Å². The third-order valence-electron chi connectivity index (χ3n) is 4.68. The number of aliphatic carboxylic acids is 1. The number of carboxylic acid groups (broad SMARTS) is 1. The SMILES string of the molecule is O=C(NC(C(=O)O)c1ccc(C(F)(F)F)cc1CCCC(F)(F)F)c1ccc(C(F)(F)F)cc1. The van der Waals surface area contributed by atoms with E-state index >= 15 is 0 Å². The molecule has 4 nitrogen and oxygen atoms in total. The van der Waals surface area contributed by atoms with Gasteiger partial charge in [0, 0.05) is 12.0 Å². The first-order chi connectivity index (χ1) is 15.5. The number of hydrogen-bond acceptors (Lipinski definition) is 2. The number of halogens is 9. The van der Waals surface area contributed by atoms with Gasteiger partial charge in [-0.2, -0.15) is 39.5 Å². The van der Waals surface area contributed by atoms with Crippen molar-refractivity contribution in [2.75, 3.05) is 0 Å². The van der Waals surface area contributed by atoms with E-state index in [0.29, 0.717) is 24.3 Å². The van der Waals surface area contributed by atoms with Crippen molar-refractivity contribution in [3.05, 3.63) is 70.3 Å². The van der Waals surface area contributed by atoms with Crippen LogP contribution in [0, 0.1) is 0 Å². The van der Waals surface area contributed by atoms with Gasteiger partial charge in [0.2, 0.25) is 0 Å². The van der Waals surface area contributed by atoms with Gasteiger partial charge in [-0.25, -0.2) is 4.79 Å². The Morgan fingerprint density at radius 2 is 1.35 bits per heavy atom. The summed E-state index contributed by atoms with van der Waals surface area (Å²) in [5.41, 5.74) is -3.43. The quantitative estimate of drug-likeness (QED) is 0.447. The van der Waals surface area contributed by atoms with Gasteiger partial charge < -0.3 is 10.4 Å². The van der Waals surface area contributed by atoms with Crippen molar-refractivity contribution in [3.8, 4) is 0 Å². The van der Waals surface area contributed by atoms with Crippen LogP contribution in [0.15, 0.2) is 42.5 Å². The smallest absolute Gasteiger partial charge is 0.416 e. The number of nitrogens with one attached hydrogen (secondary N) is 1. The maximum absolute atomic E-state index is 13.1. The lowest BCUT2D eigenvalue weighted by atomic mass is 9.93. The first-order valence-electron chi connectivity index (χ1n) is 9.47. The van der Waals surface area contributed by atoms with Gasteiger partial charge in [0.15, 0.2) is 6.04 Å². The minimum atomic E-state index is -4.86. The van der Waals surface area contributed by atoms with Crippen LogP contribution in [-0.4, -0.2) is 23.2 Å². The molecule has 2 aromatic rings. The minimum absolute atomic E-state index is 0.371. The van der Waals surface area contributed by atoms with E-state index in [4.69, 9.17) is 0 Å². The van der Waals surface area contributed by atoms with Crippen molar-refractivity contribution in [3.63, 3.8) is 0 Å². The van der Waals surface area contributed by atoms with Gasteiger partial charge in [-0.05, 0) is 60.4 Å². The van der Waals surface area contributed by atoms with Crippen LogP contribution in [0.4, 0.5) is 39.5 Å². The summed E-state index contributed by atoms with van der Waals surface area (Å²) in [4.78, 5) is 24.1. The molecule has 1 unspecified atom stereocenters. The van der Waals surface area contributed by atoms with E-state index in [1.165, 1.54) is 0 Å². The third kappa shape index (κ3) is 7.39. The van der Waals surface area contributed by atoms with Gasteiger partial charge in [0.05, 0.1) is 11.1 Å². The highest BCUT2D eigenvalue weighted by atomic mass is 19.4. The molecule has 0 radical (unpaired) electrons. The monoisotopic (exact) mass is 501 g/mol. The fourth-order valence-corrected chi connectivity index (χ4v) is 3.06. The van der Waals surface area contributed by atoms with Crippen LogP contribution in [-0.2, 0) is 23.6 Å². The van der Waals surface area contributed by atoms with Crippen LogP contribution in [0.5, 0.6) is 0 Å². The van der Waals surface area contributed by atoms with Gasteiger partial charge >= 0.3 is 24.5 Å². The molecule has 2 aromatic carbocycles. The van der Waals surface area contributed by atoms with Gasteiger partial charge in [0.1, 0.15) is 0 Å². The zero-order valence-corrected chi connectivity index (χ0v) is 16.9. The number of aryl methyl sites for hydroxylation is 1. The molecule has 13 heteroatoms. The lowest BCUT2D eigenvalue weighted by Crippen LogP contribution is -2.34. The predicted molar refractivity (Wildman–Crippen MR) is 99.7 cm³/mol. The van der Waals surface area contributed by atoms with Crippen LogP contribution in [0.25, 0.3) is 0 Å². The van der Waals surface area contributed by atoms with Crippen LogP contribution in [0.1, 0.15) is 51.5 Å². The highest BCUT2D eigenvalue weighted by molar-refractivity contribution is 5.97. The van der Waals surface area contributed by atoms with E-state index in [0.717, 1.165) is 18.2 Å². The molecule has 0 saturated carbocycles. The molecule has 0 saturated heterocycles. The van der Waals surface area contributed by atoms with Crippen molar-refractivity contribution in [2.24, 2.45) is 0 Å². The molecule has 0 aliphatic heterocycles. The molecule has 1 atom stereocenters. The third-order valence-corrected chi connectivity index (χ3v) is 4.68. The maximum atomic E-state index is 13.1. The molecular formula is C21H16F9NO3. The highest BCUT2D eigenvalue weighted by Gasteiger charge is 2.34. The van der Waals surface area contributed by atoms with Gasteiger partial charge in [-0.15, -0.1) is 0 Å². The number of hydrogen-bond donors (Lipinski definition) is 2. The number of alkyl halides is 9. The Morgan fingerprint density at radius 1 is 0.824 bits per heavy atom. The molecule has 0 spiro atoms. The van der Waals surface area contributed by atoms with Crippen molar-refractivity contribution in [2.45, 2.75) is 43.8 Å². The topological polar surface area (TPSA) is 66.4 Å². The van der Waals surface area contributed by atoms with E-state index < -0.39 is 66.8 Å². The van der Waals surface area contributed by atoms with Crippen LogP contribution >= 0.6 is 0 Å². The molecule has 0 aliphatic rings. The maximum Gasteiger partial charge on any atom is 0.416 e. The minimum Gasteiger partial charge on any atom is -0.479 e. The summed E-state index contributed by atoms with van der Waals surface area (Å²) < 4.78 is 115. The molecule has 0 heterocycles. The highest BCUT2D eigenvalue weighted by Crippen LogP contribution is 2.34. The first kappa shape index (κ1) is 27.0. The second-order valence-corrected chi connectivity index (χ2v) is 7.20. The Balaban J connectivity index is 2.37. The molecule has 0 aromatic heterocycles. The summed E-state index contributed by atoms with van der Waals surface area (Å²) in [6.07, 6.45) is -16.7. The van der Waals surface area contributed by atoms with Crippen LogP contribution < -0.4 is 5.32 Å². The molecule has 0 aliphatic carbocycles. The molecule has 2 rings (SSSR count). The summed E-state index contributed by atoms with van der Waals surface area (Å²) in [5, 5.41) is 11.5. The first-order valence-corrected chi connectivity index (χ1v) is 9.47. The number of carboxylic acids is 1. The molecular weight excluding hydrogens is 485 g/mol. The fraction of sp³-hybridized carbons (Fsp3) is 0.333. The van der Waals surface area contributed by atoms with Gasteiger partial charge in [-0.1, -0.05) is 6.07 Å². The summed E-state index contributed by atoms with van der Waals surface area (Å²) in [6, 6.07) is 2.48. The Hall–Kier alpha value is -3.25. The Kier molecular flexibility index (Phi) is 7.89. The van der Waals surface area contributed by atoms with E-state index in [9.17, 15) is 54.2 Å². The Morgan fingerprint density at radius 3 is 1.82 bits per heavy atom. The van der Waals surface area contributed by atoms with Crippen molar-refractivity contribution >= 4 is 11.9 Å². The second-order valence-electron chi connectivity index (χ2n) is 7.20. The average molecular weight is 501 g/mol. The summed E-state index contributed by atoms with van der Waals surface area (Å²) in [6.45, 7) is 0. The molecule has 2 N–H and O–H groups in total. The fourth-order valence-electron chi connectivity index (χ4n) is 3.06. The molecule has 0 bridgehead atoms. The van der Waals surface area contributed by atoms with Crippen molar-refractivity contribution < 1.29 is 54.2 Å². The molecule has 34 heavy (non-hydrogen) atoms. The summed E-state index contributed by atoms with van der Waals surface area (Å²) in [7, 11) is 0.